The summed E-state index contributed by atoms with van der Waals surface area (Å²) in [4.78, 5) is 0. The van der Waals surface area contributed by atoms with Crippen LogP contribution in [-0.4, -0.2) is 28.4 Å². The van der Waals surface area contributed by atoms with Crippen molar-refractivity contribution in [1.29, 1.82) is 0 Å². The Morgan fingerprint density at radius 3 is 2.00 bits per heavy atom. The second kappa shape index (κ2) is 9.49. The molecular formula is C30H34NO4+. The lowest BCUT2D eigenvalue weighted by Crippen LogP contribution is -2.29. The number of nitrogens with zero attached hydrogens (tertiary/aromatic N) is 1. The number of hydrogen-bond acceptors (Lipinski definition) is 4. The van der Waals surface area contributed by atoms with Gasteiger partial charge in [-0.05, 0) is 52.4 Å². The molecule has 182 valence electrons. The van der Waals surface area contributed by atoms with Crippen LogP contribution in [0, 0.1) is 0 Å². The molecule has 0 N–H and O–H groups in total. The van der Waals surface area contributed by atoms with E-state index in [4.69, 9.17) is 18.9 Å². The predicted octanol–water partition coefficient (Wildman–Crippen LogP) is 6.33. The third-order valence-electron chi connectivity index (χ3n) is 6.40. The summed E-state index contributed by atoms with van der Waals surface area (Å²) < 4.78 is 24.8. The standard InChI is InChI=1S/C30H34NO4/c1-30(2,3)23-11-9-10-19(15-23)24-16-21(17-26(33-6)28(24)34-7)22-14-20-12-13-25(32-5)29(35-8)27(20)31(4)18-22/h9-18H,1-8H3/q+1. The van der Waals surface area contributed by atoms with Crippen LogP contribution >= 0.6 is 0 Å². The van der Waals surface area contributed by atoms with Crippen molar-refractivity contribution in [2.24, 2.45) is 7.05 Å². The van der Waals surface area contributed by atoms with Gasteiger partial charge in [0, 0.05) is 11.1 Å². The molecule has 0 unspecified atom stereocenters. The number of hydrogen-bond donors (Lipinski definition) is 0. The first-order valence-electron chi connectivity index (χ1n) is 11.6. The van der Waals surface area contributed by atoms with Gasteiger partial charge in [-0.2, -0.15) is 4.57 Å². The molecule has 0 bridgehead atoms. The highest BCUT2D eigenvalue weighted by molar-refractivity contribution is 5.89. The van der Waals surface area contributed by atoms with Crippen LogP contribution in [-0.2, 0) is 12.5 Å². The van der Waals surface area contributed by atoms with Crippen LogP contribution in [0.25, 0.3) is 33.2 Å². The monoisotopic (exact) mass is 472 g/mol. The van der Waals surface area contributed by atoms with Gasteiger partial charge in [0.1, 0.15) is 7.05 Å². The number of benzene rings is 3. The Hall–Kier alpha value is -3.73. The molecule has 3 aromatic carbocycles. The molecule has 0 aliphatic rings. The first-order chi connectivity index (χ1) is 16.7. The minimum Gasteiger partial charge on any atom is -0.493 e. The highest BCUT2D eigenvalue weighted by Gasteiger charge is 2.22. The normalized spacial score (nSPS) is 11.4. The maximum absolute atomic E-state index is 5.83. The molecule has 1 heterocycles. The van der Waals surface area contributed by atoms with Crippen molar-refractivity contribution in [1.82, 2.24) is 0 Å². The Morgan fingerprint density at radius 1 is 0.657 bits per heavy atom. The molecule has 0 radical (unpaired) electrons. The van der Waals surface area contributed by atoms with E-state index in [-0.39, 0.29) is 5.41 Å². The minimum atomic E-state index is 0.0388. The summed E-state index contributed by atoms with van der Waals surface area (Å²) >= 11 is 0. The van der Waals surface area contributed by atoms with Crippen LogP contribution in [0.3, 0.4) is 0 Å². The van der Waals surface area contributed by atoms with Gasteiger partial charge >= 0.3 is 0 Å². The molecule has 0 spiro atoms. The fourth-order valence-corrected chi connectivity index (χ4v) is 4.54. The fourth-order valence-electron chi connectivity index (χ4n) is 4.54. The average molecular weight is 473 g/mol. The Kier molecular flexibility index (Phi) is 6.62. The second-order valence-corrected chi connectivity index (χ2v) is 9.67. The smallest absolute Gasteiger partial charge is 0.258 e. The van der Waals surface area contributed by atoms with E-state index in [1.54, 1.807) is 28.4 Å². The third kappa shape index (κ3) is 4.51. The number of rotatable bonds is 6. The molecule has 5 heteroatoms. The van der Waals surface area contributed by atoms with E-state index < -0.39 is 0 Å². The van der Waals surface area contributed by atoms with Crippen molar-refractivity contribution < 1.29 is 23.5 Å². The fraction of sp³-hybridized carbons (Fsp3) is 0.300. The number of fused-ring (bicyclic) bond motifs is 1. The van der Waals surface area contributed by atoms with Gasteiger partial charge in [0.15, 0.2) is 23.4 Å². The van der Waals surface area contributed by atoms with E-state index in [0.717, 1.165) is 38.9 Å². The number of aromatic nitrogens is 1. The molecule has 0 aliphatic carbocycles. The molecule has 0 saturated heterocycles. The lowest BCUT2D eigenvalue weighted by Gasteiger charge is -2.21. The summed E-state index contributed by atoms with van der Waals surface area (Å²) in [6.07, 6.45) is 2.10. The average Bonchev–Trinajstić information content (AvgIpc) is 2.86. The van der Waals surface area contributed by atoms with Gasteiger partial charge in [0.25, 0.3) is 5.52 Å². The summed E-state index contributed by atoms with van der Waals surface area (Å²) in [7, 11) is 8.69. The van der Waals surface area contributed by atoms with Crippen LogP contribution in [0.2, 0.25) is 0 Å². The van der Waals surface area contributed by atoms with Crippen molar-refractivity contribution in [3.63, 3.8) is 0 Å². The number of ether oxygens (including phenoxy) is 4. The lowest BCUT2D eigenvalue weighted by atomic mass is 9.85. The quantitative estimate of drug-likeness (QED) is 0.308. The van der Waals surface area contributed by atoms with Crippen molar-refractivity contribution in [2.75, 3.05) is 28.4 Å². The predicted molar refractivity (Wildman–Crippen MR) is 141 cm³/mol. The molecule has 1 aromatic heterocycles. The number of aryl methyl sites for hydroxylation is 1. The zero-order valence-corrected chi connectivity index (χ0v) is 21.9. The Bertz CT molecular complexity index is 1390. The second-order valence-electron chi connectivity index (χ2n) is 9.67. The highest BCUT2D eigenvalue weighted by Crippen LogP contribution is 2.43. The number of pyridine rings is 1. The van der Waals surface area contributed by atoms with Crippen molar-refractivity contribution in [2.45, 2.75) is 26.2 Å². The molecule has 4 rings (SSSR count). The van der Waals surface area contributed by atoms with E-state index in [1.807, 2.05) is 19.2 Å². The lowest BCUT2D eigenvalue weighted by molar-refractivity contribution is -0.644. The van der Waals surface area contributed by atoms with Gasteiger partial charge in [-0.15, -0.1) is 0 Å². The van der Waals surface area contributed by atoms with Crippen LogP contribution < -0.4 is 23.5 Å². The molecule has 0 aliphatic heterocycles. The minimum absolute atomic E-state index is 0.0388. The molecule has 0 amide bonds. The van der Waals surface area contributed by atoms with Crippen molar-refractivity contribution in [3.05, 3.63) is 66.4 Å². The Labute approximate surface area is 207 Å². The van der Waals surface area contributed by atoms with Crippen LogP contribution in [0.4, 0.5) is 0 Å². The van der Waals surface area contributed by atoms with Crippen molar-refractivity contribution >= 4 is 10.9 Å². The number of methoxy groups -OCH3 is 4. The van der Waals surface area contributed by atoms with E-state index in [1.165, 1.54) is 5.56 Å². The van der Waals surface area contributed by atoms with Crippen LogP contribution in [0.15, 0.2) is 60.8 Å². The maximum Gasteiger partial charge on any atom is 0.258 e. The van der Waals surface area contributed by atoms with Gasteiger partial charge in [-0.3, -0.25) is 0 Å². The summed E-state index contributed by atoms with van der Waals surface area (Å²) in [5.74, 6) is 2.83. The van der Waals surface area contributed by atoms with E-state index in [2.05, 4.69) is 74.0 Å². The molecule has 35 heavy (non-hydrogen) atoms. The molecule has 0 saturated carbocycles. The van der Waals surface area contributed by atoms with Crippen LogP contribution in [0.5, 0.6) is 23.0 Å². The highest BCUT2D eigenvalue weighted by atomic mass is 16.5. The third-order valence-corrected chi connectivity index (χ3v) is 6.40. The maximum atomic E-state index is 5.83. The Morgan fingerprint density at radius 2 is 1.37 bits per heavy atom. The van der Waals surface area contributed by atoms with E-state index in [0.29, 0.717) is 17.2 Å². The van der Waals surface area contributed by atoms with Gasteiger partial charge < -0.3 is 18.9 Å². The largest absolute Gasteiger partial charge is 0.493 e. The first-order valence-corrected chi connectivity index (χ1v) is 11.6. The van der Waals surface area contributed by atoms with E-state index in [9.17, 15) is 0 Å². The molecule has 4 aromatic rings. The molecule has 5 nitrogen and oxygen atoms in total. The summed E-state index contributed by atoms with van der Waals surface area (Å²) in [5.41, 5.74) is 6.44. The van der Waals surface area contributed by atoms with Gasteiger partial charge in [0.05, 0.1) is 33.8 Å². The van der Waals surface area contributed by atoms with Gasteiger partial charge in [0.2, 0.25) is 5.75 Å². The van der Waals surface area contributed by atoms with Crippen molar-refractivity contribution in [3.8, 4) is 45.3 Å². The molecule has 0 atom stereocenters. The summed E-state index contributed by atoms with van der Waals surface area (Å²) in [5, 5.41) is 1.05. The van der Waals surface area contributed by atoms with Gasteiger partial charge in [-0.25, -0.2) is 0 Å². The molecule has 0 fully saturated rings. The Balaban J connectivity index is 1.95. The first kappa shape index (κ1) is 24.4. The zero-order chi connectivity index (χ0) is 25.3. The topological polar surface area (TPSA) is 40.8 Å². The summed E-state index contributed by atoms with van der Waals surface area (Å²) in [6, 6.07) is 19.0. The van der Waals surface area contributed by atoms with Crippen LogP contribution in [0.1, 0.15) is 26.3 Å². The van der Waals surface area contributed by atoms with E-state index >= 15 is 0 Å². The summed E-state index contributed by atoms with van der Waals surface area (Å²) in [6.45, 7) is 6.66. The zero-order valence-electron chi connectivity index (χ0n) is 21.9. The molecular weight excluding hydrogens is 438 g/mol. The van der Waals surface area contributed by atoms with Gasteiger partial charge in [-0.1, -0.05) is 45.0 Å². The SMILES string of the molecule is COc1cc(-c2cc3ccc(OC)c(OC)c3[n+](C)c2)cc(-c2cccc(C(C)(C)C)c2)c1OC.